The highest BCUT2D eigenvalue weighted by Crippen LogP contribution is 2.51. The highest BCUT2D eigenvalue weighted by Gasteiger charge is 2.46. The fourth-order valence-electron chi connectivity index (χ4n) is 4.17. The van der Waals surface area contributed by atoms with E-state index in [0.29, 0.717) is 5.92 Å². The van der Waals surface area contributed by atoms with Crippen LogP contribution < -0.4 is 0 Å². The number of benzene rings is 2. The van der Waals surface area contributed by atoms with Crippen molar-refractivity contribution in [2.45, 2.75) is 31.8 Å². The van der Waals surface area contributed by atoms with E-state index in [2.05, 4.69) is 0 Å². The summed E-state index contributed by atoms with van der Waals surface area (Å²) in [6, 6.07) is 20.1. The van der Waals surface area contributed by atoms with Gasteiger partial charge in [0.1, 0.15) is 0 Å². The van der Waals surface area contributed by atoms with E-state index >= 15 is 0 Å². The Balaban J connectivity index is 1.57. The lowest BCUT2D eigenvalue weighted by atomic mass is 9.73. The van der Waals surface area contributed by atoms with Gasteiger partial charge >= 0.3 is 5.97 Å². The smallest absolute Gasteiger partial charge is 0.310 e. The molecular weight excluding hydrogens is 284 g/mol. The summed E-state index contributed by atoms with van der Waals surface area (Å²) in [4.78, 5) is 12.8. The Morgan fingerprint density at radius 1 is 0.826 bits per heavy atom. The molecule has 0 spiro atoms. The molecule has 0 aromatic heterocycles. The Hall–Kier alpha value is -2.09. The predicted octanol–water partition coefficient (Wildman–Crippen LogP) is 4.76. The molecular formula is C21H22O2. The Morgan fingerprint density at radius 2 is 1.39 bits per heavy atom. The van der Waals surface area contributed by atoms with Crippen molar-refractivity contribution in [2.75, 3.05) is 0 Å². The van der Waals surface area contributed by atoms with Gasteiger partial charge < -0.3 is 4.74 Å². The van der Waals surface area contributed by atoms with Crippen LogP contribution in [0.4, 0.5) is 0 Å². The van der Waals surface area contributed by atoms with Crippen LogP contribution in [0, 0.1) is 17.8 Å². The predicted molar refractivity (Wildman–Crippen MR) is 89.8 cm³/mol. The van der Waals surface area contributed by atoms with Crippen molar-refractivity contribution in [1.82, 2.24) is 0 Å². The highest BCUT2D eigenvalue weighted by molar-refractivity contribution is 5.74. The molecule has 2 aliphatic rings. The average Bonchev–Trinajstić information content (AvgIpc) is 2.88. The van der Waals surface area contributed by atoms with E-state index in [1.807, 2.05) is 60.7 Å². The topological polar surface area (TPSA) is 26.3 Å². The Labute approximate surface area is 137 Å². The first kappa shape index (κ1) is 14.5. The Kier molecular flexibility index (Phi) is 3.90. The molecule has 2 aliphatic carbocycles. The Morgan fingerprint density at radius 3 is 1.87 bits per heavy atom. The first-order valence-corrected chi connectivity index (χ1v) is 8.63. The number of rotatable bonds is 4. The van der Waals surface area contributed by atoms with Crippen molar-refractivity contribution < 1.29 is 9.53 Å². The molecule has 23 heavy (non-hydrogen) atoms. The summed E-state index contributed by atoms with van der Waals surface area (Å²) in [5.41, 5.74) is 2.07. The molecule has 2 fully saturated rings. The largest absolute Gasteiger partial charge is 0.452 e. The van der Waals surface area contributed by atoms with Gasteiger partial charge in [-0.25, -0.2) is 0 Å². The van der Waals surface area contributed by atoms with Gasteiger partial charge in [0.25, 0.3) is 0 Å². The van der Waals surface area contributed by atoms with Crippen molar-refractivity contribution in [3.8, 4) is 0 Å². The summed E-state index contributed by atoms with van der Waals surface area (Å²) in [7, 11) is 0. The molecule has 0 aliphatic heterocycles. The molecule has 0 heterocycles. The summed E-state index contributed by atoms with van der Waals surface area (Å²) >= 11 is 0. The number of esters is 1. The molecule has 3 unspecified atom stereocenters. The minimum Gasteiger partial charge on any atom is -0.452 e. The maximum absolute atomic E-state index is 12.8. The third-order valence-electron chi connectivity index (χ3n) is 5.58. The molecule has 0 bridgehead atoms. The fraction of sp³-hybridized carbons (Fsp3) is 0.381. The van der Waals surface area contributed by atoms with E-state index in [1.165, 1.54) is 19.3 Å². The second-order valence-corrected chi connectivity index (χ2v) is 6.82. The molecule has 3 atom stereocenters. The molecule has 2 nitrogen and oxygen atoms in total. The van der Waals surface area contributed by atoms with Gasteiger partial charge in [0.2, 0.25) is 0 Å². The first-order chi connectivity index (χ1) is 11.3. The maximum Gasteiger partial charge on any atom is 0.310 e. The van der Waals surface area contributed by atoms with Gasteiger partial charge in [-0.05, 0) is 48.6 Å². The first-order valence-electron chi connectivity index (χ1n) is 8.63. The monoisotopic (exact) mass is 306 g/mol. The lowest BCUT2D eigenvalue weighted by molar-refractivity contribution is -0.155. The second-order valence-electron chi connectivity index (χ2n) is 6.82. The normalized spacial score (nSPS) is 25.7. The molecule has 118 valence electrons. The van der Waals surface area contributed by atoms with E-state index in [9.17, 15) is 4.79 Å². The van der Waals surface area contributed by atoms with Crippen LogP contribution in [-0.2, 0) is 9.53 Å². The third kappa shape index (κ3) is 2.78. The molecule has 2 aromatic rings. The van der Waals surface area contributed by atoms with E-state index < -0.39 is 0 Å². The van der Waals surface area contributed by atoms with E-state index in [0.717, 1.165) is 23.5 Å². The van der Waals surface area contributed by atoms with Crippen molar-refractivity contribution in [3.63, 3.8) is 0 Å². The number of carbonyl (C=O) groups is 1. The SMILES string of the molecule is O=C(OC(c1ccccc1)c1ccccc1)C1CCC2CCC21. The molecule has 4 rings (SSSR count). The summed E-state index contributed by atoms with van der Waals surface area (Å²) in [6.07, 6.45) is 4.40. The average molecular weight is 306 g/mol. The van der Waals surface area contributed by atoms with Crippen molar-refractivity contribution in [3.05, 3.63) is 71.8 Å². The third-order valence-corrected chi connectivity index (χ3v) is 5.58. The van der Waals surface area contributed by atoms with Gasteiger partial charge in [0.05, 0.1) is 5.92 Å². The van der Waals surface area contributed by atoms with Crippen molar-refractivity contribution in [2.24, 2.45) is 17.8 Å². The van der Waals surface area contributed by atoms with Crippen molar-refractivity contribution in [1.29, 1.82) is 0 Å². The maximum atomic E-state index is 12.8. The summed E-state index contributed by atoms with van der Waals surface area (Å²) in [6.45, 7) is 0. The number of hydrogen-bond donors (Lipinski definition) is 0. The van der Waals surface area contributed by atoms with E-state index in [4.69, 9.17) is 4.74 Å². The number of carbonyl (C=O) groups excluding carboxylic acids is 1. The van der Waals surface area contributed by atoms with Gasteiger partial charge in [-0.2, -0.15) is 0 Å². The van der Waals surface area contributed by atoms with Crippen LogP contribution in [0.15, 0.2) is 60.7 Å². The molecule has 0 amide bonds. The number of fused-ring (bicyclic) bond motifs is 1. The van der Waals surface area contributed by atoms with Crippen LogP contribution >= 0.6 is 0 Å². The number of hydrogen-bond acceptors (Lipinski definition) is 2. The van der Waals surface area contributed by atoms with Gasteiger partial charge in [-0.15, -0.1) is 0 Å². The van der Waals surface area contributed by atoms with Crippen LogP contribution in [-0.4, -0.2) is 5.97 Å². The Bertz CT molecular complexity index is 625. The zero-order chi connectivity index (χ0) is 15.6. The summed E-state index contributed by atoms with van der Waals surface area (Å²) in [5, 5.41) is 0. The zero-order valence-corrected chi connectivity index (χ0v) is 13.2. The van der Waals surface area contributed by atoms with Crippen LogP contribution in [0.3, 0.4) is 0 Å². The number of ether oxygens (including phenoxy) is 1. The van der Waals surface area contributed by atoms with Gasteiger partial charge in [0.15, 0.2) is 6.10 Å². The summed E-state index contributed by atoms with van der Waals surface area (Å²) < 4.78 is 6.02. The molecule has 2 heteroatoms. The minimum atomic E-state index is -0.302. The lowest BCUT2D eigenvalue weighted by Crippen LogP contribution is -2.31. The molecule has 0 N–H and O–H groups in total. The van der Waals surface area contributed by atoms with E-state index in [1.54, 1.807) is 0 Å². The van der Waals surface area contributed by atoms with Gasteiger partial charge in [-0.1, -0.05) is 60.7 Å². The van der Waals surface area contributed by atoms with Gasteiger partial charge in [-0.3, -0.25) is 4.79 Å². The molecule has 0 radical (unpaired) electrons. The van der Waals surface area contributed by atoms with Crippen LogP contribution in [0.25, 0.3) is 0 Å². The standard InChI is InChI=1S/C21H22O2/c22-21(19-14-12-15-11-13-18(15)19)23-20(16-7-3-1-4-8-16)17-9-5-2-6-10-17/h1-10,15,18-20H,11-14H2. The molecule has 0 saturated heterocycles. The van der Waals surface area contributed by atoms with Crippen molar-refractivity contribution >= 4 is 5.97 Å². The lowest BCUT2D eigenvalue weighted by Gasteiger charge is -2.33. The summed E-state index contributed by atoms with van der Waals surface area (Å²) in [5.74, 6) is 1.47. The van der Waals surface area contributed by atoms with Crippen LogP contribution in [0.5, 0.6) is 0 Å². The highest BCUT2D eigenvalue weighted by atomic mass is 16.5. The van der Waals surface area contributed by atoms with Crippen LogP contribution in [0.1, 0.15) is 42.9 Å². The minimum absolute atomic E-state index is 0.00472. The quantitative estimate of drug-likeness (QED) is 0.762. The van der Waals surface area contributed by atoms with Crippen LogP contribution in [0.2, 0.25) is 0 Å². The second kappa shape index (κ2) is 6.19. The zero-order valence-electron chi connectivity index (χ0n) is 13.2. The fourth-order valence-corrected chi connectivity index (χ4v) is 4.17. The molecule has 2 aromatic carbocycles. The van der Waals surface area contributed by atoms with E-state index in [-0.39, 0.29) is 18.0 Å². The molecule has 2 saturated carbocycles. The van der Waals surface area contributed by atoms with Gasteiger partial charge in [0, 0.05) is 0 Å².